The highest BCUT2D eigenvalue weighted by molar-refractivity contribution is 5.94. The smallest absolute Gasteiger partial charge is 0.251 e. The van der Waals surface area contributed by atoms with Crippen LogP contribution in [0, 0.1) is 0 Å². The highest BCUT2D eigenvalue weighted by Gasteiger charge is 2.09. The maximum Gasteiger partial charge on any atom is 0.251 e. The predicted octanol–water partition coefficient (Wildman–Crippen LogP) is 3.62. The van der Waals surface area contributed by atoms with E-state index in [1.807, 2.05) is 50.2 Å². The van der Waals surface area contributed by atoms with Gasteiger partial charge >= 0.3 is 0 Å². The number of nitrogens with one attached hydrogen (secondary N) is 2. The lowest BCUT2D eigenvalue weighted by atomic mass is 10.0. The fourth-order valence-electron chi connectivity index (χ4n) is 2.96. The van der Waals surface area contributed by atoms with E-state index in [0.29, 0.717) is 18.5 Å². The van der Waals surface area contributed by atoms with Gasteiger partial charge in [-0.25, -0.2) is 0 Å². The summed E-state index contributed by atoms with van der Waals surface area (Å²) in [7, 11) is 0. The molecule has 0 saturated heterocycles. The van der Waals surface area contributed by atoms with E-state index in [1.54, 1.807) is 24.5 Å². The van der Waals surface area contributed by atoms with E-state index < -0.39 is 0 Å². The summed E-state index contributed by atoms with van der Waals surface area (Å²) in [5, 5.41) is 7.96. The van der Waals surface area contributed by atoms with Gasteiger partial charge in [0.1, 0.15) is 0 Å². The number of fused-ring (bicyclic) bond motifs is 1. The van der Waals surface area contributed by atoms with Gasteiger partial charge in [-0.15, -0.1) is 0 Å². The first-order valence-electron chi connectivity index (χ1n) is 9.55. The summed E-state index contributed by atoms with van der Waals surface area (Å²) in [5.41, 5.74) is 2.56. The van der Waals surface area contributed by atoms with Crippen LogP contribution in [0.2, 0.25) is 0 Å². The number of pyridine rings is 1. The van der Waals surface area contributed by atoms with Crippen molar-refractivity contribution in [3.8, 4) is 0 Å². The number of rotatable bonds is 7. The third-order valence-electron chi connectivity index (χ3n) is 4.82. The van der Waals surface area contributed by atoms with Crippen LogP contribution >= 0.6 is 0 Å². The lowest BCUT2D eigenvalue weighted by Crippen LogP contribution is -2.31. The van der Waals surface area contributed by atoms with E-state index in [-0.39, 0.29) is 17.9 Å². The van der Waals surface area contributed by atoms with Crippen LogP contribution in [0.25, 0.3) is 10.8 Å². The van der Waals surface area contributed by atoms with Crippen LogP contribution in [-0.4, -0.2) is 22.8 Å². The molecule has 2 aromatic carbocycles. The van der Waals surface area contributed by atoms with Crippen LogP contribution < -0.4 is 10.6 Å². The minimum atomic E-state index is -0.0737. The molecule has 2 N–H and O–H groups in total. The Morgan fingerprint density at radius 1 is 1.07 bits per heavy atom. The molecule has 1 unspecified atom stereocenters. The summed E-state index contributed by atoms with van der Waals surface area (Å²) in [6.07, 6.45) is 4.75. The van der Waals surface area contributed by atoms with Gasteiger partial charge in [0.25, 0.3) is 5.91 Å². The van der Waals surface area contributed by atoms with E-state index in [1.165, 1.54) is 0 Å². The first-order valence-corrected chi connectivity index (χ1v) is 9.55. The zero-order chi connectivity index (χ0) is 19.9. The highest BCUT2D eigenvalue weighted by atomic mass is 16.2. The molecular weight excluding hydrogens is 350 g/mol. The molecule has 0 aliphatic heterocycles. The largest absolute Gasteiger partial charge is 0.352 e. The Kier molecular flexibility index (Phi) is 6.37. The lowest BCUT2D eigenvalue weighted by molar-refractivity contribution is -0.120. The van der Waals surface area contributed by atoms with Gasteiger partial charge in [0, 0.05) is 35.9 Å². The number of carbonyl (C=O) groups excluding carboxylic acids is 2. The number of carbonyl (C=O) groups is 2. The maximum absolute atomic E-state index is 12.4. The molecular formula is C23H25N3O2. The van der Waals surface area contributed by atoms with Crippen molar-refractivity contribution in [2.24, 2.45) is 0 Å². The summed E-state index contributed by atoms with van der Waals surface area (Å²) in [6.45, 7) is 4.44. The van der Waals surface area contributed by atoms with Crippen LogP contribution in [0.1, 0.15) is 41.8 Å². The van der Waals surface area contributed by atoms with Crippen molar-refractivity contribution in [2.45, 2.75) is 39.3 Å². The van der Waals surface area contributed by atoms with E-state index in [2.05, 4.69) is 15.6 Å². The van der Waals surface area contributed by atoms with Crippen LogP contribution in [0.5, 0.6) is 0 Å². The average Bonchev–Trinajstić information content (AvgIpc) is 2.72. The third kappa shape index (κ3) is 4.94. The molecule has 3 aromatic rings. The van der Waals surface area contributed by atoms with Crippen LogP contribution in [0.4, 0.5) is 0 Å². The molecule has 0 radical (unpaired) electrons. The van der Waals surface area contributed by atoms with Crippen molar-refractivity contribution < 1.29 is 9.59 Å². The molecule has 2 amide bonds. The van der Waals surface area contributed by atoms with Crippen molar-refractivity contribution in [3.63, 3.8) is 0 Å². The second-order valence-electron chi connectivity index (χ2n) is 6.95. The standard InChI is InChI=1S/C23H25N3O2/c1-3-16(2)26-23(28)18-9-7-17(8-10-18)14-25-22(27)13-19-5-4-6-20-15-24-12-11-21(19)20/h4-12,15-16H,3,13-14H2,1-2H3,(H,25,27)(H,26,28). The average molecular weight is 375 g/mol. The molecule has 144 valence electrons. The lowest BCUT2D eigenvalue weighted by Gasteiger charge is -2.12. The normalized spacial score (nSPS) is 11.8. The van der Waals surface area contributed by atoms with Gasteiger partial charge in [-0.1, -0.05) is 37.3 Å². The maximum atomic E-state index is 12.4. The van der Waals surface area contributed by atoms with Gasteiger partial charge in [-0.3, -0.25) is 14.6 Å². The van der Waals surface area contributed by atoms with Crippen molar-refractivity contribution in [2.75, 3.05) is 0 Å². The number of nitrogens with zero attached hydrogens (tertiary/aromatic N) is 1. The van der Waals surface area contributed by atoms with E-state index in [4.69, 9.17) is 0 Å². The molecule has 3 rings (SSSR count). The molecule has 0 aliphatic carbocycles. The summed E-state index contributed by atoms with van der Waals surface area (Å²) >= 11 is 0. The van der Waals surface area contributed by atoms with Gasteiger partial charge in [-0.2, -0.15) is 0 Å². The molecule has 28 heavy (non-hydrogen) atoms. The monoisotopic (exact) mass is 375 g/mol. The van der Waals surface area contributed by atoms with E-state index in [9.17, 15) is 9.59 Å². The summed E-state index contributed by atoms with van der Waals surface area (Å²) in [4.78, 5) is 28.6. The minimum absolute atomic E-state index is 0.0390. The number of hydrogen-bond acceptors (Lipinski definition) is 3. The van der Waals surface area contributed by atoms with Gasteiger partial charge in [0.15, 0.2) is 0 Å². The SMILES string of the molecule is CCC(C)NC(=O)c1ccc(CNC(=O)Cc2cccc3cnccc23)cc1. The fraction of sp³-hybridized carbons (Fsp3) is 0.261. The van der Waals surface area contributed by atoms with E-state index >= 15 is 0 Å². The van der Waals surface area contributed by atoms with Gasteiger partial charge < -0.3 is 10.6 Å². The Labute approximate surface area is 165 Å². The molecule has 1 atom stereocenters. The zero-order valence-electron chi connectivity index (χ0n) is 16.2. The Morgan fingerprint density at radius 2 is 1.86 bits per heavy atom. The molecule has 0 saturated carbocycles. The number of benzene rings is 2. The second-order valence-corrected chi connectivity index (χ2v) is 6.95. The Hall–Kier alpha value is -3.21. The Balaban J connectivity index is 1.56. The number of aromatic nitrogens is 1. The molecule has 0 spiro atoms. The molecule has 0 aliphatic rings. The number of hydrogen-bond donors (Lipinski definition) is 2. The topological polar surface area (TPSA) is 71.1 Å². The van der Waals surface area contributed by atoms with Crippen molar-refractivity contribution in [1.82, 2.24) is 15.6 Å². The number of amides is 2. The van der Waals surface area contributed by atoms with Crippen molar-refractivity contribution >= 4 is 22.6 Å². The van der Waals surface area contributed by atoms with Crippen LogP contribution in [0.3, 0.4) is 0 Å². The fourth-order valence-corrected chi connectivity index (χ4v) is 2.96. The Morgan fingerprint density at radius 3 is 2.61 bits per heavy atom. The molecule has 0 fully saturated rings. The van der Waals surface area contributed by atoms with Crippen LogP contribution in [-0.2, 0) is 17.8 Å². The van der Waals surface area contributed by atoms with Gasteiger partial charge in [-0.05, 0) is 48.1 Å². The highest BCUT2D eigenvalue weighted by Crippen LogP contribution is 2.18. The molecule has 0 bridgehead atoms. The minimum Gasteiger partial charge on any atom is -0.352 e. The van der Waals surface area contributed by atoms with Crippen LogP contribution in [0.15, 0.2) is 60.9 Å². The summed E-state index contributed by atoms with van der Waals surface area (Å²) in [6, 6.07) is 15.3. The second kappa shape index (κ2) is 9.13. The Bertz CT molecular complexity index is 962. The summed E-state index contributed by atoms with van der Waals surface area (Å²) < 4.78 is 0. The van der Waals surface area contributed by atoms with Gasteiger partial charge in [0.2, 0.25) is 5.91 Å². The predicted molar refractivity (Wildman–Crippen MR) is 111 cm³/mol. The molecule has 5 heteroatoms. The molecule has 5 nitrogen and oxygen atoms in total. The molecule has 1 aromatic heterocycles. The first-order chi connectivity index (χ1) is 13.6. The molecule has 1 heterocycles. The zero-order valence-corrected chi connectivity index (χ0v) is 16.2. The quantitative estimate of drug-likeness (QED) is 0.662. The third-order valence-corrected chi connectivity index (χ3v) is 4.82. The van der Waals surface area contributed by atoms with Crippen molar-refractivity contribution in [1.29, 1.82) is 0 Å². The first kappa shape index (κ1) is 19.5. The van der Waals surface area contributed by atoms with Crippen molar-refractivity contribution in [3.05, 3.63) is 77.6 Å². The van der Waals surface area contributed by atoms with E-state index in [0.717, 1.165) is 28.3 Å². The van der Waals surface area contributed by atoms with Gasteiger partial charge in [0.05, 0.1) is 6.42 Å². The summed E-state index contributed by atoms with van der Waals surface area (Å²) in [5.74, 6) is -0.113.